The van der Waals surface area contributed by atoms with E-state index < -0.39 is 5.60 Å². The summed E-state index contributed by atoms with van der Waals surface area (Å²) in [6.07, 6.45) is 4.02. The number of aliphatic hydroxyl groups is 1. The second-order valence-electron chi connectivity index (χ2n) is 4.88. The Morgan fingerprint density at radius 3 is 2.60 bits per heavy atom. The Kier molecular flexibility index (Phi) is 6.81. The molecule has 0 rings (SSSR count). The Labute approximate surface area is 94.2 Å². The summed E-state index contributed by atoms with van der Waals surface area (Å²) < 4.78 is 0. The molecule has 0 aromatic carbocycles. The lowest BCUT2D eigenvalue weighted by molar-refractivity contribution is 0.0316. The van der Waals surface area contributed by atoms with E-state index >= 15 is 0 Å². The number of allylic oxidation sites excluding steroid dienone is 1. The van der Waals surface area contributed by atoms with Crippen molar-refractivity contribution in [2.24, 2.45) is 0 Å². The van der Waals surface area contributed by atoms with Crippen LogP contribution in [0.15, 0.2) is 12.7 Å². The van der Waals surface area contributed by atoms with Gasteiger partial charge >= 0.3 is 0 Å². The summed E-state index contributed by atoms with van der Waals surface area (Å²) in [5, 5.41) is 13.4. The number of likely N-dealkylation sites (N-methyl/N-ethyl adjacent to an activating group) is 1. The molecule has 0 fully saturated rings. The van der Waals surface area contributed by atoms with Gasteiger partial charge in [-0.2, -0.15) is 0 Å². The summed E-state index contributed by atoms with van der Waals surface area (Å²) in [5.74, 6) is 0. The van der Waals surface area contributed by atoms with Crippen LogP contribution in [-0.2, 0) is 0 Å². The van der Waals surface area contributed by atoms with Crippen molar-refractivity contribution in [3.05, 3.63) is 12.7 Å². The van der Waals surface area contributed by atoms with E-state index in [1.807, 2.05) is 32.0 Å². The zero-order valence-corrected chi connectivity index (χ0v) is 10.6. The van der Waals surface area contributed by atoms with Crippen molar-refractivity contribution >= 4 is 0 Å². The molecule has 2 atom stereocenters. The van der Waals surface area contributed by atoms with Crippen molar-refractivity contribution in [1.29, 1.82) is 0 Å². The second kappa shape index (κ2) is 6.99. The van der Waals surface area contributed by atoms with Gasteiger partial charge in [0.05, 0.1) is 5.60 Å². The van der Waals surface area contributed by atoms with Gasteiger partial charge in [-0.3, -0.25) is 0 Å². The predicted octanol–water partition coefficient (Wildman–Crippen LogP) is 1.24. The number of nitrogens with zero attached hydrogens (tertiary/aromatic N) is 1. The molecule has 0 bridgehead atoms. The molecule has 0 aromatic rings. The van der Waals surface area contributed by atoms with Crippen molar-refractivity contribution in [3.63, 3.8) is 0 Å². The Balaban J connectivity index is 3.76. The van der Waals surface area contributed by atoms with E-state index in [4.69, 9.17) is 0 Å². The van der Waals surface area contributed by atoms with Crippen LogP contribution < -0.4 is 5.32 Å². The third kappa shape index (κ3) is 8.60. The SMILES string of the molecule is C=CCCC(C)NCC(C)(O)CN(C)C. The molecule has 0 aliphatic rings. The predicted molar refractivity (Wildman–Crippen MR) is 66.1 cm³/mol. The van der Waals surface area contributed by atoms with Crippen LogP contribution in [0.3, 0.4) is 0 Å². The largest absolute Gasteiger partial charge is 0.388 e. The Bertz CT molecular complexity index is 178. The van der Waals surface area contributed by atoms with Crippen molar-refractivity contribution in [2.75, 3.05) is 27.2 Å². The maximum absolute atomic E-state index is 10.0. The summed E-state index contributed by atoms with van der Waals surface area (Å²) in [6.45, 7) is 9.00. The minimum absolute atomic E-state index is 0.427. The van der Waals surface area contributed by atoms with Gasteiger partial charge in [0.15, 0.2) is 0 Å². The fourth-order valence-electron chi connectivity index (χ4n) is 1.60. The van der Waals surface area contributed by atoms with Crippen LogP contribution in [0.4, 0.5) is 0 Å². The van der Waals surface area contributed by atoms with Gasteiger partial charge in [-0.1, -0.05) is 6.08 Å². The Morgan fingerprint density at radius 1 is 1.53 bits per heavy atom. The van der Waals surface area contributed by atoms with Gasteiger partial charge < -0.3 is 15.3 Å². The van der Waals surface area contributed by atoms with E-state index in [0.717, 1.165) is 12.8 Å². The molecule has 0 aliphatic carbocycles. The highest BCUT2D eigenvalue weighted by molar-refractivity contribution is 4.80. The zero-order valence-electron chi connectivity index (χ0n) is 10.6. The molecule has 0 aliphatic heterocycles. The highest BCUT2D eigenvalue weighted by Crippen LogP contribution is 2.04. The lowest BCUT2D eigenvalue weighted by Crippen LogP contribution is -2.47. The Morgan fingerprint density at radius 2 is 2.13 bits per heavy atom. The molecule has 3 nitrogen and oxygen atoms in total. The Hall–Kier alpha value is -0.380. The molecule has 0 radical (unpaired) electrons. The molecule has 15 heavy (non-hydrogen) atoms. The second-order valence-corrected chi connectivity index (χ2v) is 4.88. The molecule has 3 heteroatoms. The van der Waals surface area contributed by atoms with Crippen molar-refractivity contribution < 1.29 is 5.11 Å². The molecular formula is C12H26N2O. The monoisotopic (exact) mass is 214 g/mol. The van der Waals surface area contributed by atoms with Crippen LogP contribution in [0.1, 0.15) is 26.7 Å². The third-order valence-corrected chi connectivity index (χ3v) is 2.29. The maximum Gasteiger partial charge on any atom is 0.0869 e. The fourth-order valence-corrected chi connectivity index (χ4v) is 1.60. The molecule has 0 saturated heterocycles. The normalized spacial score (nSPS) is 17.5. The summed E-state index contributed by atoms with van der Waals surface area (Å²) in [5.41, 5.74) is -0.661. The smallest absolute Gasteiger partial charge is 0.0869 e. The van der Waals surface area contributed by atoms with Gasteiger partial charge in [-0.25, -0.2) is 0 Å². The third-order valence-electron chi connectivity index (χ3n) is 2.29. The van der Waals surface area contributed by atoms with Crippen LogP contribution in [0.5, 0.6) is 0 Å². The first-order valence-electron chi connectivity index (χ1n) is 5.59. The quantitative estimate of drug-likeness (QED) is 0.597. The summed E-state index contributed by atoms with van der Waals surface area (Å²) in [6, 6.07) is 0.427. The van der Waals surface area contributed by atoms with E-state index in [1.54, 1.807) is 0 Å². The lowest BCUT2D eigenvalue weighted by Gasteiger charge is -2.28. The van der Waals surface area contributed by atoms with Gasteiger partial charge in [-0.05, 0) is 40.8 Å². The molecular weight excluding hydrogens is 188 g/mol. The average molecular weight is 214 g/mol. The number of hydrogen-bond acceptors (Lipinski definition) is 3. The van der Waals surface area contributed by atoms with Gasteiger partial charge in [0, 0.05) is 19.1 Å². The number of rotatable bonds is 8. The van der Waals surface area contributed by atoms with Crippen LogP contribution in [0.25, 0.3) is 0 Å². The van der Waals surface area contributed by atoms with Gasteiger partial charge in [-0.15, -0.1) is 6.58 Å². The molecule has 0 amide bonds. The van der Waals surface area contributed by atoms with E-state index in [2.05, 4.69) is 18.8 Å². The first kappa shape index (κ1) is 14.6. The molecule has 0 aromatic heterocycles. The fraction of sp³-hybridized carbons (Fsp3) is 0.833. The highest BCUT2D eigenvalue weighted by atomic mass is 16.3. The van der Waals surface area contributed by atoms with Crippen molar-refractivity contribution in [3.8, 4) is 0 Å². The van der Waals surface area contributed by atoms with Crippen LogP contribution in [0.2, 0.25) is 0 Å². The first-order chi connectivity index (χ1) is 6.87. The molecule has 0 saturated carbocycles. The minimum atomic E-state index is -0.661. The van der Waals surface area contributed by atoms with E-state index in [-0.39, 0.29) is 0 Å². The summed E-state index contributed by atoms with van der Waals surface area (Å²) >= 11 is 0. The first-order valence-corrected chi connectivity index (χ1v) is 5.59. The number of hydrogen-bond donors (Lipinski definition) is 2. The van der Waals surface area contributed by atoms with Crippen LogP contribution >= 0.6 is 0 Å². The molecule has 0 heterocycles. The standard InChI is InChI=1S/C12H26N2O/c1-6-7-8-11(2)13-9-12(3,15)10-14(4)5/h6,11,13,15H,1,7-10H2,2-5H3. The van der Waals surface area contributed by atoms with E-state index in [1.165, 1.54) is 0 Å². The topological polar surface area (TPSA) is 35.5 Å². The van der Waals surface area contributed by atoms with Gasteiger partial charge in [0.2, 0.25) is 0 Å². The van der Waals surface area contributed by atoms with E-state index in [0.29, 0.717) is 19.1 Å². The summed E-state index contributed by atoms with van der Waals surface area (Å²) in [7, 11) is 3.94. The average Bonchev–Trinajstić information content (AvgIpc) is 2.09. The number of nitrogens with one attached hydrogen (secondary N) is 1. The molecule has 2 N–H and O–H groups in total. The molecule has 0 spiro atoms. The zero-order chi connectivity index (χ0) is 11.9. The van der Waals surface area contributed by atoms with E-state index in [9.17, 15) is 5.11 Å². The minimum Gasteiger partial charge on any atom is -0.388 e. The summed E-state index contributed by atoms with van der Waals surface area (Å²) in [4.78, 5) is 2.00. The highest BCUT2D eigenvalue weighted by Gasteiger charge is 2.21. The molecule has 90 valence electrons. The van der Waals surface area contributed by atoms with Gasteiger partial charge in [0.1, 0.15) is 0 Å². The molecule has 2 unspecified atom stereocenters. The van der Waals surface area contributed by atoms with Crippen molar-refractivity contribution in [1.82, 2.24) is 10.2 Å². The lowest BCUT2D eigenvalue weighted by atomic mass is 10.1. The van der Waals surface area contributed by atoms with Crippen LogP contribution in [0, 0.1) is 0 Å². The van der Waals surface area contributed by atoms with Crippen LogP contribution in [-0.4, -0.2) is 48.8 Å². The van der Waals surface area contributed by atoms with Crippen molar-refractivity contribution in [2.45, 2.75) is 38.3 Å². The van der Waals surface area contributed by atoms with Gasteiger partial charge in [0.25, 0.3) is 0 Å². The maximum atomic E-state index is 10.0.